The number of nitriles is 1. The number of nitrogens with zero attached hydrogens (tertiary/aromatic N) is 6. The maximum atomic E-state index is 13.0. The van der Waals surface area contributed by atoms with Crippen molar-refractivity contribution in [3.05, 3.63) is 53.7 Å². The van der Waals surface area contributed by atoms with Crippen LogP contribution < -0.4 is 15.0 Å². The van der Waals surface area contributed by atoms with Crippen LogP contribution in [0.4, 0.5) is 16.4 Å². The van der Waals surface area contributed by atoms with Gasteiger partial charge in [-0.05, 0) is 32.5 Å². The summed E-state index contributed by atoms with van der Waals surface area (Å²) in [5.41, 5.74) is 1.90. The van der Waals surface area contributed by atoms with E-state index in [0.717, 1.165) is 31.7 Å². The monoisotopic (exact) mass is 493 g/mol. The highest BCUT2D eigenvalue weighted by atomic mass is 16.7. The number of rotatable bonds is 7. The van der Waals surface area contributed by atoms with E-state index in [1.54, 1.807) is 13.1 Å². The first-order valence-corrected chi connectivity index (χ1v) is 11.8. The lowest BCUT2D eigenvalue weighted by molar-refractivity contribution is -0.0291. The van der Waals surface area contributed by atoms with Crippen LogP contribution in [0.3, 0.4) is 0 Å². The fraction of sp³-hybridized carbons (Fsp3) is 0.440. The van der Waals surface area contributed by atoms with Gasteiger partial charge in [0.25, 0.3) is 6.29 Å². The molecule has 0 radical (unpaired) electrons. The number of urea groups is 1. The second-order valence-corrected chi connectivity index (χ2v) is 9.00. The molecule has 36 heavy (non-hydrogen) atoms. The number of carbonyl (C=O) groups is 1. The number of nitrogens with one attached hydrogen (secondary N) is 1. The predicted molar refractivity (Wildman–Crippen MR) is 133 cm³/mol. The normalized spacial score (nSPS) is 16.3. The number of amides is 2. The van der Waals surface area contributed by atoms with Gasteiger partial charge in [-0.3, -0.25) is 15.1 Å². The third-order valence-electron chi connectivity index (χ3n) is 5.90. The molecule has 0 atom stereocenters. The maximum Gasteiger partial charge on any atom is 0.328 e. The molecule has 190 valence electrons. The Hall–Kier alpha value is -3.88. The van der Waals surface area contributed by atoms with Crippen molar-refractivity contribution in [3.63, 3.8) is 0 Å². The largest absolute Gasteiger partial charge is 0.489 e. The smallest absolute Gasteiger partial charge is 0.328 e. The van der Waals surface area contributed by atoms with Crippen molar-refractivity contribution in [2.45, 2.75) is 32.8 Å². The van der Waals surface area contributed by atoms with Crippen molar-refractivity contribution in [3.8, 4) is 11.8 Å². The molecule has 2 aromatic heterocycles. The van der Waals surface area contributed by atoms with Crippen LogP contribution in [0.1, 0.15) is 37.0 Å². The minimum Gasteiger partial charge on any atom is -0.489 e. The fourth-order valence-electron chi connectivity index (χ4n) is 3.87. The average Bonchev–Trinajstić information content (AvgIpc) is 3.40. The Kier molecular flexibility index (Phi) is 7.87. The van der Waals surface area contributed by atoms with Gasteiger partial charge in [-0.2, -0.15) is 5.26 Å². The molecule has 0 unspecified atom stereocenters. The molecule has 2 aliphatic heterocycles. The summed E-state index contributed by atoms with van der Waals surface area (Å²) in [5, 5.41) is 12.0. The van der Waals surface area contributed by atoms with Gasteiger partial charge in [-0.25, -0.2) is 14.8 Å². The molecule has 2 amide bonds. The van der Waals surface area contributed by atoms with Gasteiger partial charge in [0.1, 0.15) is 47.2 Å². The van der Waals surface area contributed by atoms with Crippen molar-refractivity contribution in [2.24, 2.45) is 0 Å². The number of pyridine rings is 2. The Morgan fingerprint density at radius 3 is 2.67 bits per heavy atom. The molecule has 4 heterocycles. The van der Waals surface area contributed by atoms with E-state index in [-0.39, 0.29) is 11.9 Å². The van der Waals surface area contributed by atoms with Crippen LogP contribution in [-0.4, -0.2) is 72.2 Å². The van der Waals surface area contributed by atoms with Crippen molar-refractivity contribution in [2.75, 3.05) is 50.5 Å². The molecule has 1 saturated heterocycles. The summed E-state index contributed by atoms with van der Waals surface area (Å²) < 4.78 is 16.8. The Labute approximate surface area is 210 Å². The highest BCUT2D eigenvalue weighted by Gasteiger charge is 2.26. The number of hydrogen-bond donors (Lipinski definition) is 1. The maximum absolute atomic E-state index is 13.0. The number of hydrogen-bond acceptors (Lipinski definition) is 9. The summed E-state index contributed by atoms with van der Waals surface area (Å²) in [6.45, 7) is 8.37. The Bertz CT molecular complexity index is 1150. The molecule has 0 aromatic carbocycles. The van der Waals surface area contributed by atoms with E-state index >= 15 is 0 Å². The molecule has 1 fully saturated rings. The van der Waals surface area contributed by atoms with Crippen molar-refractivity contribution < 1.29 is 19.0 Å². The number of carbonyl (C=O) groups excluding carboxylic acids is 1. The van der Waals surface area contributed by atoms with Gasteiger partial charge >= 0.3 is 6.03 Å². The van der Waals surface area contributed by atoms with E-state index in [0.29, 0.717) is 29.4 Å². The second-order valence-electron chi connectivity index (χ2n) is 9.00. The Balaban J connectivity index is 1.51. The Morgan fingerprint density at radius 1 is 1.28 bits per heavy atom. The minimum absolute atomic E-state index is 0.132. The lowest BCUT2D eigenvalue weighted by Crippen LogP contribution is -2.44. The molecule has 0 spiro atoms. The molecule has 4 rings (SSSR count). The number of anilines is 2. The lowest BCUT2D eigenvalue weighted by atomic mass is 10.1. The second kappa shape index (κ2) is 11.2. The van der Waals surface area contributed by atoms with E-state index in [2.05, 4.69) is 27.1 Å². The van der Waals surface area contributed by atoms with Crippen LogP contribution in [0.2, 0.25) is 0 Å². The van der Waals surface area contributed by atoms with Crippen molar-refractivity contribution >= 4 is 17.7 Å². The van der Waals surface area contributed by atoms with E-state index < -0.39 is 12.3 Å². The standard InChI is InChI=1S/C25H31N7O4/c1-17(2)36-20-13-21(27-15-19(20)14-26)28-25(33)31(4)22-6-5-18(16-32-9-7-30(3)8-10-32)23(29-22)24-34-11-12-35-24/h5-6,11-13,15,17,24H,7-10,16H2,1-4H3,(H,27,28,33). The zero-order chi connectivity index (χ0) is 25.7. The summed E-state index contributed by atoms with van der Waals surface area (Å²) in [4.78, 5) is 28.0. The van der Waals surface area contributed by atoms with Crippen LogP contribution in [0.5, 0.6) is 5.75 Å². The van der Waals surface area contributed by atoms with Gasteiger partial charge in [0.2, 0.25) is 0 Å². The summed E-state index contributed by atoms with van der Waals surface area (Å²) in [6.07, 6.45) is 3.55. The third-order valence-corrected chi connectivity index (χ3v) is 5.90. The summed E-state index contributed by atoms with van der Waals surface area (Å²) in [6, 6.07) is 6.89. The number of likely N-dealkylation sites (N-methyl/N-ethyl adjacent to an activating group) is 1. The summed E-state index contributed by atoms with van der Waals surface area (Å²) >= 11 is 0. The SMILES string of the molecule is CC(C)Oc1cc(NC(=O)N(C)c2ccc(CN3CCN(C)CC3)c(C3OC=CO3)n2)ncc1C#N. The van der Waals surface area contributed by atoms with Gasteiger partial charge in [-0.15, -0.1) is 0 Å². The molecule has 11 heteroatoms. The first-order chi connectivity index (χ1) is 17.3. The van der Waals surface area contributed by atoms with Crippen molar-refractivity contribution in [1.29, 1.82) is 5.26 Å². The first kappa shape index (κ1) is 25.2. The quantitative estimate of drug-likeness (QED) is 0.621. The highest BCUT2D eigenvalue weighted by molar-refractivity contribution is 6.00. The molecule has 11 nitrogen and oxygen atoms in total. The van der Waals surface area contributed by atoms with Crippen LogP contribution in [-0.2, 0) is 16.0 Å². The van der Waals surface area contributed by atoms with Crippen LogP contribution in [0.15, 0.2) is 36.9 Å². The van der Waals surface area contributed by atoms with Gasteiger partial charge in [0.15, 0.2) is 0 Å². The van der Waals surface area contributed by atoms with E-state index in [1.807, 2.05) is 26.0 Å². The van der Waals surface area contributed by atoms with E-state index in [1.165, 1.54) is 29.7 Å². The third kappa shape index (κ3) is 6.02. The van der Waals surface area contributed by atoms with E-state index in [9.17, 15) is 10.1 Å². The molecule has 0 aliphatic carbocycles. The fourth-order valence-corrected chi connectivity index (χ4v) is 3.87. The average molecular weight is 494 g/mol. The molecule has 2 aromatic rings. The van der Waals surface area contributed by atoms with E-state index in [4.69, 9.17) is 19.2 Å². The number of ether oxygens (including phenoxy) is 3. The first-order valence-electron chi connectivity index (χ1n) is 11.8. The molecular formula is C25H31N7O4. The predicted octanol–water partition coefficient (Wildman–Crippen LogP) is 3.07. The van der Waals surface area contributed by atoms with Crippen LogP contribution in [0, 0.1) is 11.3 Å². The minimum atomic E-state index is -0.667. The van der Waals surface area contributed by atoms with Gasteiger partial charge < -0.3 is 19.1 Å². The van der Waals surface area contributed by atoms with Gasteiger partial charge in [0.05, 0.1) is 12.3 Å². The molecule has 0 bridgehead atoms. The van der Waals surface area contributed by atoms with Crippen LogP contribution in [0.25, 0.3) is 0 Å². The zero-order valence-corrected chi connectivity index (χ0v) is 21.0. The highest BCUT2D eigenvalue weighted by Crippen LogP contribution is 2.29. The summed E-state index contributed by atoms with van der Waals surface area (Å²) in [5.74, 6) is 1.05. The zero-order valence-electron chi connectivity index (χ0n) is 21.0. The number of piperazine rings is 1. The van der Waals surface area contributed by atoms with Crippen LogP contribution >= 0.6 is 0 Å². The lowest BCUT2D eigenvalue weighted by Gasteiger charge is -2.33. The van der Waals surface area contributed by atoms with Gasteiger partial charge in [-0.1, -0.05) is 6.07 Å². The number of aromatic nitrogens is 2. The Morgan fingerprint density at radius 2 is 2.00 bits per heavy atom. The molecule has 2 aliphatic rings. The van der Waals surface area contributed by atoms with Crippen molar-refractivity contribution in [1.82, 2.24) is 19.8 Å². The van der Waals surface area contributed by atoms with Gasteiger partial charge in [0, 0.05) is 45.8 Å². The summed E-state index contributed by atoms with van der Waals surface area (Å²) in [7, 11) is 3.74. The molecule has 1 N–H and O–H groups in total. The topological polar surface area (TPSA) is 116 Å². The molecular weight excluding hydrogens is 462 g/mol. The molecule has 0 saturated carbocycles.